The van der Waals surface area contributed by atoms with Crippen molar-refractivity contribution in [3.63, 3.8) is 0 Å². The maximum Gasteiger partial charge on any atom is 0.407 e. The van der Waals surface area contributed by atoms with Crippen molar-refractivity contribution in [3.05, 3.63) is 0 Å². The van der Waals surface area contributed by atoms with Gasteiger partial charge in [0, 0.05) is 18.0 Å². The van der Waals surface area contributed by atoms with Crippen LogP contribution >= 0.6 is 0 Å². The number of piperidine rings is 1. The van der Waals surface area contributed by atoms with E-state index >= 15 is 0 Å². The molecule has 0 aromatic heterocycles. The largest absolute Gasteiger partial charge is 0.444 e. The highest BCUT2D eigenvalue weighted by Crippen LogP contribution is 2.50. The summed E-state index contributed by atoms with van der Waals surface area (Å²) < 4.78 is 5.25. The standard InChI is InChI=1S/C12H22N2O2/c1-11(2,3)16-10(15)14-9-7-12(9)5-4-6-13-8-12/h9,13H,4-8H2,1-3H3,(H,14,15)/t9-,12?/m0/s1. The molecule has 2 fully saturated rings. The summed E-state index contributed by atoms with van der Waals surface area (Å²) in [6.07, 6.45) is 3.26. The normalized spacial score (nSPS) is 33.6. The van der Waals surface area contributed by atoms with Crippen LogP contribution in [0.4, 0.5) is 4.79 Å². The molecule has 2 atom stereocenters. The topological polar surface area (TPSA) is 50.4 Å². The van der Waals surface area contributed by atoms with Crippen LogP contribution < -0.4 is 10.6 Å². The third-order valence-corrected chi connectivity index (χ3v) is 3.39. The monoisotopic (exact) mass is 226 g/mol. The summed E-state index contributed by atoms with van der Waals surface area (Å²) in [6, 6.07) is 0.315. The van der Waals surface area contributed by atoms with Gasteiger partial charge < -0.3 is 15.4 Å². The second-order valence-corrected chi connectivity index (χ2v) is 6.05. The highest BCUT2D eigenvalue weighted by molar-refractivity contribution is 5.68. The van der Waals surface area contributed by atoms with Crippen LogP contribution in [0, 0.1) is 5.41 Å². The molecule has 2 rings (SSSR count). The van der Waals surface area contributed by atoms with Crippen LogP contribution in [0.1, 0.15) is 40.0 Å². The average molecular weight is 226 g/mol. The Hall–Kier alpha value is -0.770. The van der Waals surface area contributed by atoms with E-state index in [9.17, 15) is 4.79 Å². The number of carbonyl (C=O) groups is 1. The van der Waals surface area contributed by atoms with Crippen molar-refractivity contribution < 1.29 is 9.53 Å². The van der Waals surface area contributed by atoms with Crippen molar-refractivity contribution in [1.29, 1.82) is 0 Å². The zero-order chi connectivity index (χ0) is 11.8. The van der Waals surface area contributed by atoms with Crippen LogP contribution in [0.15, 0.2) is 0 Å². The Morgan fingerprint density at radius 2 is 2.25 bits per heavy atom. The average Bonchev–Trinajstić information content (AvgIpc) is 2.75. The van der Waals surface area contributed by atoms with Gasteiger partial charge in [-0.1, -0.05) is 0 Å². The summed E-state index contributed by atoms with van der Waals surface area (Å²) in [5.74, 6) is 0. The van der Waals surface area contributed by atoms with E-state index in [1.165, 1.54) is 12.8 Å². The number of alkyl carbamates (subject to hydrolysis) is 1. The third kappa shape index (κ3) is 2.67. The summed E-state index contributed by atoms with van der Waals surface area (Å²) in [4.78, 5) is 11.6. The Morgan fingerprint density at radius 1 is 1.50 bits per heavy atom. The summed E-state index contributed by atoms with van der Waals surface area (Å²) in [7, 11) is 0. The minimum atomic E-state index is -0.406. The van der Waals surface area contributed by atoms with Crippen LogP contribution in [0.25, 0.3) is 0 Å². The first-order chi connectivity index (χ1) is 7.41. The van der Waals surface area contributed by atoms with Gasteiger partial charge in [0.2, 0.25) is 0 Å². The SMILES string of the molecule is CC(C)(C)OC(=O)N[C@H]1CC12CCCNC2. The zero-order valence-corrected chi connectivity index (χ0v) is 10.4. The molecule has 1 heterocycles. The van der Waals surface area contributed by atoms with Crippen molar-refractivity contribution in [1.82, 2.24) is 10.6 Å². The number of rotatable bonds is 1. The molecule has 1 saturated heterocycles. The van der Waals surface area contributed by atoms with E-state index in [4.69, 9.17) is 4.74 Å². The predicted octanol–water partition coefficient (Wildman–Crippen LogP) is 1.65. The Morgan fingerprint density at radius 3 is 2.81 bits per heavy atom. The van der Waals surface area contributed by atoms with Gasteiger partial charge in [-0.15, -0.1) is 0 Å². The molecule has 1 aliphatic carbocycles. The molecule has 4 heteroatoms. The molecule has 1 unspecified atom stereocenters. The summed E-state index contributed by atoms with van der Waals surface area (Å²) in [6.45, 7) is 7.81. The maximum absolute atomic E-state index is 11.6. The second kappa shape index (κ2) is 3.91. The number of carbonyl (C=O) groups excluding carboxylic acids is 1. The van der Waals surface area contributed by atoms with E-state index in [0.717, 1.165) is 19.5 Å². The molecule has 1 spiro atoms. The van der Waals surface area contributed by atoms with E-state index in [-0.39, 0.29) is 6.09 Å². The van der Waals surface area contributed by atoms with E-state index in [2.05, 4.69) is 10.6 Å². The summed E-state index contributed by atoms with van der Waals surface area (Å²) >= 11 is 0. The van der Waals surface area contributed by atoms with Gasteiger partial charge >= 0.3 is 6.09 Å². The van der Waals surface area contributed by atoms with Gasteiger partial charge in [-0.2, -0.15) is 0 Å². The predicted molar refractivity (Wildman–Crippen MR) is 62.3 cm³/mol. The molecule has 4 nitrogen and oxygen atoms in total. The van der Waals surface area contributed by atoms with Gasteiger partial charge in [0.25, 0.3) is 0 Å². The summed E-state index contributed by atoms with van der Waals surface area (Å²) in [5, 5.41) is 6.37. The van der Waals surface area contributed by atoms with Crippen LogP contribution in [0.5, 0.6) is 0 Å². The van der Waals surface area contributed by atoms with Gasteiger partial charge in [-0.25, -0.2) is 4.79 Å². The lowest BCUT2D eigenvalue weighted by atomic mass is 9.96. The molecule has 2 N–H and O–H groups in total. The van der Waals surface area contributed by atoms with Crippen molar-refractivity contribution in [2.45, 2.75) is 51.7 Å². The van der Waals surface area contributed by atoms with Crippen molar-refractivity contribution in [2.75, 3.05) is 13.1 Å². The molecule has 0 radical (unpaired) electrons. The fourth-order valence-electron chi connectivity index (χ4n) is 2.46. The van der Waals surface area contributed by atoms with Gasteiger partial charge in [0.05, 0.1) is 0 Å². The minimum absolute atomic E-state index is 0.278. The lowest BCUT2D eigenvalue weighted by Crippen LogP contribution is -2.40. The molecular formula is C12H22N2O2. The number of nitrogens with one attached hydrogen (secondary N) is 2. The van der Waals surface area contributed by atoms with E-state index < -0.39 is 5.60 Å². The lowest BCUT2D eigenvalue weighted by molar-refractivity contribution is 0.0514. The van der Waals surface area contributed by atoms with Crippen LogP contribution in [0.2, 0.25) is 0 Å². The molecule has 1 amide bonds. The molecule has 2 aliphatic rings. The van der Waals surface area contributed by atoms with Crippen LogP contribution in [-0.4, -0.2) is 30.8 Å². The fraction of sp³-hybridized carbons (Fsp3) is 0.917. The van der Waals surface area contributed by atoms with Gasteiger partial charge in [0.1, 0.15) is 5.60 Å². The number of amides is 1. The smallest absolute Gasteiger partial charge is 0.407 e. The highest BCUT2D eigenvalue weighted by atomic mass is 16.6. The van der Waals surface area contributed by atoms with Crippen molar-refractivity contribution in [3.8, 4) is 0 Å². The summed E-state index contributed by atoms with van der Waals surface area (Å²) in [5.41, 5.74) is -0.0773. The molecule has 0 aromatic rings. The molecule has 1 saturated carbocycles. The van der Waals surface area contributed by atoms with E-state index in [1.54, 1.807) is 0 Å². The van der Waals surface area contributed by atoms with Gasteiger partial charge in [-0.3, -0.25) is 0 Å². The van der Waals surface area contributed by atoms with Gasteiger partial charge in [0.15, 0.2) is 0 Å². The first-order valence-corrected chi connectivity index (χ1v) is 6.12. The van der Waals surface area contributed by atoms with Crippen molar-refractivity contribution >= 4 is 6.09 Å². The number of hydrogen-bond donors (Lipinski definition) is 2. The molecule has 16 heavy (non-hydrogen) atoms. The maximum atomic E-state index is 11.6. The van der Waals surface area contributed by atoms with E-state index in [0.29, 0.717) is 11.5 Å². The molecule has 1 aliphatic heterocycles. The first kappa shape index (κ1) is 11.7. The Balaban J connectivity index is 1.78. The first-order valence-electron chi connectivity index (χ1n) is 6.12. The molecule has 0 bridgehead atoms. The molecule has 0 aromatic carbocycles. The zero-order valence-electron chi connectivity index (χ0n) is 10.4. The number of ether oxygens (including phenoxy) is 1. The Bertz CT molecular complexity index is 277. The fourth-order valence-corrected chi connectivity index (χ4v) is 2.46. The van der Waals surface area contributed by atoms with Crippen molar-refractivity contribution in [2.24, 2.45) is 5.41 Å². The van der Waals surface area contributed by atoms with Crippen LogP contribution in [-0.2, 0) is 4.74 Å². The highest BCUT2D eigenvalue weighted by Gasteiger charge is 2.55. The molecule has 92 valence electrons. The Labute approximate surface area is 97.1 Å². The third-order valence-electron chi connectivity index (χ3n) is 3.39. The number of hydrogen-bond acceptors (Lipinski definition) is 3. The molecular weight excluding hydrogens is 204 g/mol. The van der Waals surface area contributed by atoms with Crippen LogP contribution in [0.3, 0.4) is 0 Å². The lowest BCUT2D eigenvalue weighted by Gasteiger charge is -2.24. The van der Waals surface area contributed by atoms with Gasteiger partial charge in [-0.05, 0) is 46.6 Å². The minimum Gasteiger partial charge on any atom is -0.444 e. The quantitative estimate of drug-likeness (QED) is 0.715. The Kier molecular flexibility index (Phi) is 2.86. The second-order valence-electron chi connectivity index (χ2n) is 6.05. The van der Waals surface area contributed by atoms with E-state index in [1.807, 2.05) is 20.8 Å².